The number of hydrogen-bond acceptors (Lipinski definition) is 6. The standard InChI is InChI=1S/C22H18N6O/c1-16-21(22(29)28(27-16)20-10-6-3-7-11-20)26-25-19-14-12-18(13-15-19)24-23-17-8-4-2-5-9-17/h2-15,21H,1H3. The monoisotopic (exact) mass is 382 g/mol. The average Bonchev–Trinajstić information content (AvgIpc) is 3.06. The molecule has 0 saturated heterocycles. The van der Waals surface area contributed by atoms with Crippen LogP contribution in [-0.4, -0.2) is 17.7 Å². The predicted octanol–water partition coefficient (Wildman–Crippen LogP) is 5.98. The van der Waals surface area contributed by atoms with E-state index in [0.29, 0.717) is 22.8 Å². The van der Waals surface area contributed by atoms with E-state index in [0.717, 1.165) is 5.69 Å². The summed E-state index contributed by atoms with van der Waals surface area (Å²) < 4.78 is 0. The fourth-order valence-corrected chi connectivity index (χ4v) is 2.76. The molecule has 0 radical (unpaired) electrons. The van der Waals surface area contributed by atoms with Crippen molar-refractivity contribution in [1.29, 1.82) is 0 Å². The number of rotatable bonds is 5. The van der Waals surface area contributed by atoms with Gasteiger partial charge in [0.2, 0.25) is 0 Å². The number of hydrazone groups is 1. The molecule has 1 atom stereocenters. The number of nitrogens with zero attached hydrogens (tertiary/aromatic N) is 6. The van der Waals surface area contributed by atoms with E-state index in [4.69, 9.17) is 0 Å². The van der Waals surface area contributed by atoms with Gasteiger partial charge in [-0.15, -0.1) is 0 Å². The van der Waals surface area contributed by atoms with Crippen LogP contribution in [0.15, 0.2) is 110 Å². The van der Waals surface area contributed by atoms with E-state index in [9.17, 15) is 4.79 Å². The van der Waals surface area contributed by atoms with Crippen molar-refractivity contribution in [3.8, 4) is 0 Å². The molecule has 0 spiro atoms. The van der Waals surface area contributed by atoms with Crippen molar-refractivity contribution >= 4 is 34.4 Å². The summed E-state index contributed by atoms with van der Waals surface area (Å²) in [6, 6.07) is 25.2. The van der Waals surface area contributed by atoms with Gasteiger partial charge in [0.05, 0.1) is 28.5 Å². The number of carbonyl (C=O) groups excluding carboxylic acids is 1. The van der Waals surface area contributed by atoms with Gasteiger partial charge in [-0.25, -0.2) is 0 Å². The maximum absolute atomic E-state index is 12.6. The van der Waals surface area contributed by atoms with E-state index in [1.165, 1.54) is 5.01 Å². The maximum atomic E-state index is 12.6. The maximum Gasteiger partial charge on any atom is 0.280 e. The van der Waals surface area contributed by atoms with Gasteiger partial charge in [-0.05, 0) is 55.5 Å². The molecular weight excluding hydrogens is 364 g/mol. The first-order valence-corrected chi connectivity index (χ1v) is 9.12. The third-order valence-electron chi connectivity index (χ3n) is 4.27. The van der Waals surface area contributed by atoms with Crippen LogP contribution in [0.3, 0.4) is 0 Å². The smallest absolute Gasteiger partial charge is 0.269 e. The number of azo groups is 2. The van der Waals surface area contributed by atoms with Gasteiger partial charge in [0, 0.05) is 0 Å². The molecule has 0 fully saturated rings. The molecule has 29 heavy (non-hydrogen) atoms. The molecule has 0 aliphatic carbocycles. The molecule has 7 heteroatoms. The lowest BCUT2D eigenvalue weighted by molar-refractivity contribution is -0.117. The van der Waals surface area contributed by atoms with Crippen LogP contribution >= 0.6 is 0 Å². The fourth-order valence-electron chi connectivity index (χ4n) is 2.76. The normalized spacial score (nSPS) is 16.7. The molecule has 0 saturated carbocycles. The summed E-state index contributed by atoms with van der Waals surface area (Å²) in [5.74, 6) is -0.217. The first-order valence-electron chi connectivity index (χ1n) is 9.12. The van der Waals surface area contributed by atoms with Gasteiger partial charge in [-0.3, -0.25) is 4.79 Å². The quantitative estimate of drug-likeness (QED) is 0.500. The summed E-state index contributed by atoms with van der Waals surface area (Å²) in [4.78, 5) is 12.6. The molecule has 0 aromatic heterocycles. The second-order valence-corrected chi connectivity index (χ2v) is 6.40. The van der Waals surface area contributed by atoms with E-state index in [-0.39, 0.29) is 5.91 Å². The average molecular weight is 382 g/mol. The van der Waals surface area contributed by atoms with Crippen LogP contribution in [0.25, 0.3) is 0 Å². The van der Waals surface area contributed by atoms with Gasteiger partial charge in [-0.1, -0.05) is 36.4 Å². The fraction of sp³-hybridized carbons (Fsp3) is 0.0909. The molecule has 4 rings (SSSR count). The molecule has 1 aliphatic heterocycles. The highest BCUT2D eigenvalue weighted by Crippen LogP contribution is 2.25. The van der Waals surface area contributed by atoms with Crippen LogP contribution in [0.2, 0.25) is 0 Å². The number of anilines is 1. The first-order chi connectivity index (χ1) is 14.2. The molecule has 1 unspecified atom stereocenters. The number of para-hydroxylation sites is 1. The number of carbonyl (C=O) groups is 1. The Labute approximate surface area is 168 Å². The van der Waals surface area contributed by atoms with Crippen molar-refractivity contribution < 1.29 is 4.79 Å². The second kappa shape index (κ2) is 8.35. The zero-order valence-electron chi connectivity index (χ0n) is 15.8. The third kappa shape index (κ3) is 4.30. The van der Waals surface area contributed by atoms with Gasteiger partial charge >= 0.3 is 0 Å². The molecular formula is C22H18N6O. The minimum Gasteiger partial charge on any atom is -0.269 e. The van der Waals surface area contributed by atoms with E-state index in [1.807, 2.05) is 60.7 Å². The topological polar surface area (TPSA) is 82.1 Å². The Morgan fingerprint density at radius 1 is 0.724 bits per heavy atom. The van der Waals surface area contributed by atoms with Gasteiger partial charge in [-0.2, -0.15) is 30.6 Å². The van der Waals surface area contributed by atoms with E-state index in [2.05, 4.69) is 25.6 Å². The third-order valence-corrected chi connectivity index (χ3v) is 4.27. The van der Waals surface area contributed by atoms with Gasteiger partial charge in [0.15, 0.2) is 6.04 Å². The highest BCUT2D eigenvalue weighted by Gasteiger charge is 2.34. The van der Waals surface area contributed by atoms with E-state index < -0.39 is 6.04 Å². The number of benzene rings is 3. The molecule has 3 aromatic carbocycles. The van der Waals surface area contributed by atoms with Crippen molar-refractivity contribution in [3.63, 3.8) is 0 Å². The Balaban J connectivity index is 1.43. The highest BCUT2D eigenvalue weighted by molar-refractivity contribution is 6.18. The summed E-state index contributed by atoms with van der Waals surface area (Å²) in [7, 11) is 0. The first kappa shape index (κ1) is 18.4. The minimum absolute atomic E-state index is 0.217. The summed E-state index contributed by atoms with van der Waals surface area (Å²) in [6.45, 7) is 1.78. The Bertz CT molecular complexity index is 1080. The van der Waals surface area contributed by atoms with Crippen LogP contribution in [0, 0.1) is 0 Å². The van der Waals surface area contributed by atoms with Gasteiger partial charge < -0.3 is 0 Å². The van der Waals surface area contributed by atoms with Crippen LogP contribution in [0.1, 0.15) is 6.92 Å². The molecule has 142 valence electrons. The highest BCUT2D eigenvalue weighted by atomic mass is 16.2. The molecule has 1 heterocycles. The van der Waals surface area contributed by atoms with Crippen LogP contribution in [-0.2, 0) is 4.79 Å². The van der Waals surface area contributed by atoms with Gasteiger partial charge in [0.25, 0.3) is 5.91 Å². The molecule has 7 nitrogen and oxygen atoms in total. The number of amides is 1. The van der Waals surface area contributed by atoms with Crippen molar-refractivity contribution in [3.05, 3.63) is 84.9 Å². The van der Waals surface area contributed by atoms with Crippen molar-refractivity contribution in [2.45, 2.75) is 13.0 Å². The Kier molecular flexibility index (Phi) is 5.29. The van der Waals surface area contributed by atoms with E-state index >= 15 is 0 Å². The van der Waals surface area contributed by atoms with Crippen molar-refractivity contribution in [2.75, 3.05) is 5.01 Å². The van der Waals surface area contributed by atoms with Gasteiger partial charge in [0.1, 0.15) is 0 Å². The van der Waals surface area contributed by atoms with Crippen molar-refractivity contribution in [1.82, 2.24) is 0 Å². The van der Waals surface area contributed by atoms with Crippen LogP contribution in [0.4, 0.5) is 22.7 Å². The van der Waals surface area contributed by atoms with Crippen molar-refractivity contribution in [2.24, 2.45) is 25.6 Å². The zero-order chi connectivity index (χ0) is 20.1. The molecule has 0 N–H and O–H groups in total. The summed E-state index contributed by atoms with van der Waals surface area (Å²) >= 11 is 0. The lowest BCUT2D eigenvalue weighted by atomic mass is 10.2. The Morgan fingerprint density at radius 3 is 1.86 bits per heavy atom. The minimum atomic E-state index is -0.715. The zero-order valence-corrected chi connectivity index (χ0v) is 15.8. The predicted molar refractivity (Wildman–Crippen MR) is 112 cm³/mol. The summed E-state index contributed by atoms with van der Waals surface area (Å²) in [5, 5.41) is 22.5. The van der Waals surface area contributed by atoms with Crippen LogP contribution < -0.4 is 5.01 Å². The van der Waals surface area contributed by atoms with Crippen LogP contribution in [0.5, 0.6) is 0 Å². The second-order valence-electron chi connectivity index (χ2n) is 6.40. The lowest BCUT2D eigenvalue weighted by Gasteiger charge is -2.11. The molecule has 1 aliphatic rings. The Hall–Kier alpha value is -4.00. The Morgan fingerprint density at radius 2 is 1.24 bits per heavy atom. The van der Waals surface area contributed by atoms with E-state index in [1.54, 1.807) is 31.2 Å². The summed E-state index contributed by atoms with van der Waals surface area (Å²) in [6.07, 6.45) is 0. The summed E-state index contributed by atoms with van der Waals surface area (Å²) in [5.41, 5.74) is 3.44. The lowest BCUT2D eigenvalue weighted by Crippen LogP contribution is -2.29. The largest absolute Gasteiger partial charge is 0.280 e. The molecule has 0 bridgehead atoms. The SMILES string of the molecule is CC1=NN(c2ccccc2)C(=O)C1N=Nc1ccc(N=Nc2ccccc2)cc1. The number of hydrogen-bond donors (Lipinski definition) is 0. The molecule has 1 amide bonds. The molecule has 3 aromatic rings.